The zero-order chi connectivity index (χ0) is 9.84. The molecule has 0 amide bonds. The van der Waals surface area contributed by atoms with Crippen molar-refractivity contribution in [3.8, 4) is 0 Å². The van der Waals surface area contributed by atoms with Crippen LogP contribution in [0.3, 0.4) is 0 Å². The molecule has 1 N–H and O–H groups in total. The molecule has 1 rings (SSSR count). The number of hydrogen-bond donors (Lipinski definition) is 1. The van der Waals surface area contributed by atoms with E-state index in [4.69, 9.17) is 0 Å². The molecule has 0 aliphatic carbocycles. The number of nitrogens with zero attached hydrogens (tertiary/aromatic N) is 2. The van der Waals surface area contributed by atoms with Gasteiger partial charge in [0.15, 0.2) is 0 Å². The van der Waals surface area contributed by atoms with E-state index >= 15 is 0 Å². The fraction of sp³-hybridized carbons (Fsp3) is 0.333. The number of aromatic nitrogens is 2. The van der Waals surface area contributed by atoms with Crippen molar-refractivity contribution < 1.29 is 0 Å². The number of allylic oxidation sites excluding steroid dienone is 1. The molecular weight excluding hydrogens is 166 g/mol. The fourth-order valence-electron chi connectivity index (χ4n) is 1.10. The predicted octanol–water partition coefficient (Wildman–Crippen LogP) is 0.779. The third kappa shape index (κ3) is 1.96. The largest absolute Gasteiger partial charge is 0.373 e. The Hall–Kier alpha value is -1.58. The van der Waals surface area contributed by atoms with E-state index in [1.54, 1.807) is 17.7 Å². The molecule has 0 aliphatic rings. The third-order valence-electron chi connectivity index (χ3n) is 1.79. The highest BCUT2D eigenvalue weighted by molar-refractivity contribution is 5.33. The van der Waals surface area contributed by atoms with E-state index < -0.39 is 0 Å². The van der Waals surface area contributed by atoms with Gasteiger partial charge in [0.1, 0.15) is 5.82 Å². The summed E-state index contributed by atoms with van der Waals surface area (Å²) in [6, 6.07) is 1.82. The molecule has 0 fully saturated rings. The van der Waals surface area contributed by atoms with E-state index in [-0.39, 0.29) is 5.69 Å². The van der Waals surface area contributed by atoms with Crippen molar-refractivity contribution in [2.75, 3.05) is 12.4 Å². The normalized spacial score (nSPS) is 9.69. The van der Waals surface area contributed by atoms with Gasteiger partial charge in [0.05, 0.1) is 0 Å². The van der Waals surface area contributed by atoms with Crippen molar-refractivity contribution in [2.24, 2.45) is 0 Å². The second-order valence-corrected chi connectivity index (χ2v) is 2.71. The Morgan fingerprint density at radius 2 is 2.46 bits per heavy atom. The maximum absolute atomic E-state index is 11.4. The second kappa shape index (κ2) is 3.89. The molecule has 1 aromatic heterocycles. The van der Waals surface area contributed by atoms with Crippen molar-refractivity contribution in [1.82, 2.24) is 9.55 Å². The van der Waals surface area contributed by atoms with Crippen LogP contribution in [0.4, 0.5) is 5.82 Å². The summed E-state index contributed by atoms with van der Waals surface area (Å²) in [7, 11) is 1.74. The topological polar surface area (TPSA) is 46.9 Å². The van der Waals surface area contributed by atoms with Crippen LogP contribution >= 0.6 is 0 Å². The van der Waals surface area contributed by atoms with E-state index in [1.165, 1.54) is 0 Å². The highest BCUT2D eigenvalue weighted by Gasteiger charge is 2.01. The lowest BCUT2D eigenvalue weighted by atomic mass is 10.4. The van der Waals surface area contributed by atoms with E-state index in [0.717, 1.165) is 5.69 Å². The van der Waals surface area contributed by atoms with E-state index in [0.29, 0.717) is 12.4 Å². The molecule has 13 heavy (non-hydrogen) atoms. The van der Waals surface area contributed by atoms with Crippen LogP contribution in [0.5, 0.6) is 0 Å². The highest BCUT2D eigenvalue weighted by Crippen LogP contribution is 2.01. The minimum absolute atomic E-state index is 0.246. The summed E-state index contributed by atoms with van der Waals surface area (Å²) in [5.41, 5.74) is 0.633. The number of nitrogens with one attached hydrogen (secondary N) is 1. The van der Waals surface area contributed by atoms with Gasteiger partial charge < -0.3 is 5.32 Å². The second-order valence-electron chi connectivity index (χ2n) is 2.71. The molecule has 1 aromatic rings. The Balaban J connectivity index is 3.23. The molecule has 70 valence electrons. The lowest BCUT2D eigenvalue weighted by Gasteiger charge is -2.07. The Bertz CT molecular complexity index is 368. The van der Waals surface area contributed by atoms with Gasteiger partial charge in [-0.25, -0.2) is 4.79 Å². The van der Waals surface area contributed by atoms with Gasteiger partial charge in [-0.15, -0.1) is 6.58 Å². The summed E-state index contributed by atoms with van der Waals surface area (Å²) in [5, 5.41) is 2.83. The van der Waals surface area contributed by atoms with Gasteiger partial charge in [0.2, 0.25) is 0 Å². The summed E-state index contributed by atoms with van der Waals surface area (Å²) in [4.78, 5) is 15.2. The number of rotatable bonds is 3. The Morgan fingerprint density at radius 3 is 2.92 bits per heavy atom. The van der Waals surface area contributed by atoms with Crippen LogP contribution in [0.15, 0.2) is 23.5 Å². The van der Waals surface area contributed by atoms with Gasteiger partial charge in [-0.2, -0.15) is 4.98 Å². The van der Waals surface area contributed by atoms with E-state index in [9.17, 15) is 4.79 Å². The van der Waals surface area contributed by atoms with Gasteiger partial charge in [-0.3, -0.25) is 4.57 Å². The minimum atomic E-state index is -0.246. The smallest absolute Gasteiger partial charge is 0.349 e. The van der Waals surface area contributed by atoms with Crippen molar-refractivity contribution >= 4 is 5.82 Å². The van der Waals surface area contributed by atoms with Crippen LogP contribution in [-0.4, -0.2) is 16.6 Å². The SMILES string of the molecule is C=CCn1c(C)cc(NC)nc1=O. The molecule has 0 radical (unpaired) electrons. The molecule has 0 unspecified atom stereocenters. The zero-order valence-corrected chi connectivity index (χ0v) is 7.87. The van der Waals surface area contributed by atoms with E-state index in [1.807, 2.05) is 13.0 Å². The van der Waals surface area contributed by atoms with Gasteiger partial charge in [0, 0.05) is 19.3 Å². The average molecular weight is 179 g/mol. The lowest BCUT2D eigenvalue weighted by molar-refractivity contribution is 0.717. The first kappa shape index (κ1) is 9.51. The Labute approximate surface area is 76.9 Å². The van der Waals surface area contributed by atoms with Crippen molar-refractivity contribution in [1.29, 1.82) is 0 Å². The quantitative estimate of drug-likeness (QED) is 0.697. The minimum Gasteiger partial charge on any atom is -0.373 e. The van der Waals surface area contributed by atoms with Crippen LogP contribution < -0.4 is 11.0 Å². The maximum atomic E-state index is 11.4. The first-order valence-electron chi connectivity index (χ1n) is 4.06. The highest BCUT2D eigenvalue weighted by atomic mass is 16.1. The van der Waals surface area contributed by atoms with Crippen molar-refractivity contribution in [3.63, 3.8) is 0 Å². The van der Waals surface area contributed by atoms with Gasteiger partial charge in [-0.1, -0.05) is 6.08 Å². The molecule has 0 atom stereocenters. The Morgan fingerprint density at radius 1 is 1.77 bits per heavy atom. The summed E-state index contributed by atoms with van der Waals surface area (Å²) >= 11 is 0. The molecule has 1 heterocycles. The van der Waals surface area contributed by atoms with Crippen molar-refractivity contribution in [3.05, 3.63) is 34.9 Å². The predicted molar refractivity (Wildman–Crippen MR) is 53.0 cm³/mol. The molecule has 0 aliphatic heterocycles. The molecular formula is C9H13N3O. The van der Waals surface area contributed by atoms with Crippen LogP contribution in [0, 0.1) is 6.92 Å². The zero-order valence-electron chi connectivity index (χ0n) is 7.87. The van der Waals surface area contributed by atoms with E-state index in [2.05, 4.69) is 16.9 Å². The fourth-order valence-corrected chi connectivity index (χ4v) is 1.10. The van der Waals surface area contributed by atoms with Crippen LogP contribution in [-0.2, 0) is 6.54 Å². The standard InChI is InChI=1S/C9H13N3O/c1-4-5-12-7(2)6-8(10-3)11-9(12)13/h4,6H,1,5H2,2-3H3,(H,10,11,13). The monoisotopic (exact) mass is 179 g/mol. The van der Waals surface area contributed by atoms with Crippen LogP contribution in [0.1, 0.15) is 5.69 Å². The summed E-state index contributed by atoms with van der Waals surface area (Å²) < 4.78 is 1.56. The summed E-state index contributed by atoms with van der Waals surface area (Å²) in [5.74, 6) is 0.600. The maximum Gasteiger partial charge on any atom is 0.349 e. The molecule has 0 bridgehead atoms. The lowest BCUT2D eigenvalue weighted by Crippen LogP contribution is -2.25. The third-order valence-corrected chi connectivity index (χ3v) is 1.79. The first-order chi connectivity index (χ1) is 6.19. The molecule has 4 nitrogen and oxygen atoms in total. The number of hydrogen-bond acceptors (Lipinski definition) is 3. The number of anilines is 1. The first-order valence-corrected chi connectivity index (χ1v) is 4.06. The number of aryl methyl sites for hydroxylation is 1. The molecule has 0 aromatic carbocycles. The average Bonchev–Trinajstić information content (AvgIpc) is 2.11. The molecule has 0 saturated heterocycles. The summed E-state index contributed by atoms with van der Waals surface area (Å²) in [6.45, 7) is 5.95. The van der Waals surface area contributed by atoms with Gasteiger partial charge in [-0.05, 0) is 13.0 Å². The van der Waals surface area contributed by atoms with Gasteiger partial charge in [0.25, 0.3) is 0 Å². The molecule has 0 saturated carbocycles. The Kier molecular flexibility index (Phi) is 2.84. The van der Waals surface area contributed by atoms with Gasteiger partial charge >= 0.3 is 5.69 Å². The van der Waals surface area contributed by atoms with Crippen molar-refractivity contribution in [2.45, 2.75) is 13.5 Å². The molecule has 4 heteroatoms. The van der Waals surface area contributed by atoms with Crippen LogP contribution in [0.2, 0.25) is 0 Å². The van der Waals surface area contributed by atoms with Crippen LogP contribution in [0.25, 0.3) is 0 Å². The summed E-state index contributed by atoms with van der Waals surface area (Å²) in [6.07, 6.45) is 1.68. The molecule has 0 spiro atoms.